The van der Waals surface area contributed by atoms with E-state index in [9.17, 15) is 25.5 Å². The van der Waals surface area contributed by atoms with Gasteiger partial charge in [0.2, 0.25) is 0 Å². The first-order valence-electron chi connectivity index (χ1n) is 6.74. The number of fused-ring (bicyclic) bond motifs is 1. The van der Waals surface area contributed by atoms with E-state index < -0.39 is 24.6 Å². The molecule has 1 saturated heterocycles. The van der Waals surface area contributed by atoms with Crippen LogP contribution in [0.25, 0.3) is 10.8 Å². The first-order chi connectivity index (χ1) is 10.5. The Balaban J connectivity index is 1.98. The summed E-state index contributed by atoms with van der Waals surface area (Å²) in [7, 11) is 0. The van der Waals surface area contributed by atoms with Crippen LogP contribution in [0.4, 0.5) is 0 Å². The maximum atomic E-state index is 9.94. The van der Waals surface area contributed by atoms with E-state index in [4.69, 9.17) is 9.47 Å². The highest BCUT2D eigenvalue weighted by Crippen LogP contribution is 2.36. The number of benzene rings is 2. The van der Waals surface area contributed by atoms with Crippen LogP contribution in [0.15, 0.2) is 30.3 Å². The molecule has 0 radical (unpaired) electrons. The third kappa shape index (κ3) is 2.55. The monoisotopic (exact) mass is 308 g/mol. The molecule has 0 unspecified atom stereocenters. The smallest absolute Gasteiger partial charge is 0.195 e. The average molecular weight is 308 g/mol. The van der Waals surface area contributed by atoms with E-state index in [0.717, 1.165) is 0 Å². The lowest BCUT2D eigenvalue weighted by Crippen LogP contribution is -2.55. The number of hydrogen-bond acceptors (Lipinski definition) is 7. The highest BCUT2D eigenvalue weighted by atomic mass is 16.6. The molecule has 0 bridgehead atoms. The Hall–Kier alpha value is -2.06. The second kappa shape index (κ2) is 5.62. The highest BCUT2D eigenvalue weighted by Gasteiger charge is 2.39. The van der Waals surface area contributed by atoms with Crippen molar-refractivity contribution in [3.05, 3.63) is 30.3 Å². The Bertz CT molecular complexity index is 687. The van der Waals surface area contributed by atoms with Crippen LogP contribution >= 0.6 is 0 Å². The maximum absolute atomic E-state index is 9.94. The van der Waals surface area contributed by atoms with Gasteiger partial charge in [-0.15, -0.1) is 0 Å². The lowest BCUT2D eigenvalue weighted by molar-refractivity contribution is -0.244. The predicted octanol–water partition coefficient (Wildman–Crippen LogP) is 0.0688. The van der Waals surface area contributed by atoms with Gasteiger partial charge in [-0.05, 0) is 23.6 Å². The molecule has 7 nitrogen and oxygen atoms in total. The normalized spacial score (nSPS) is 28.7. The molecule has 0 amide bonds. The molecule has 2 aromatic carbocycles. The van der Waals surface area contributed by atoms with Crippen LogP contribution in [0, 0.1) is 0 Å². The van der Waals surface area contributed by atoms with Gasteiger partial charge in [0.1, 0.15) is 18.0 Å². The van der Waals surface area contributed by atoms with Gasteiger partial charge in [-0.2, -0.15) is 0 Å². The lowest BCUT2D eigenvalue weighted by Gasteiger charge is -2.35. The second-order valence-corrected chi connectivity index (χ2v) is 5.18. The van der Waals surface area contributed by atoms with Crippen molar-refractivity contribution < 1.29 is 35.0 Å². The summed E-state index contributed by atoms with van der Waals surface area (Å²) >= 11 is 0. The lowest BCUT2D eigenvalue weighted by atomic mass is 10.0. The van der Waals surface area contributed by atoms with E-state index in [1.54, 1.807) is 18.2 Å². The van der Waals surface area contributed by atoms with Gasteiger partial charge in [0.25, 0.3) is 0 Å². The molecule has 0 aromatic heterocycles. The van der Waals surface area contributed by atoms with Crippen molar-refractivity contribution in [2.45, 2.75) is 24.6 Å². The Morgan fingerprint density at radius 3 is 2.55 bits per heavy atom. The first-order valence-corrected chi connectivity index (χ1v) is 6.74. The number of phenols is 2. The van der Waals surface area contributed by atoms with Gasteiger partial charge in [-0.3, -0.25) is 0 Å². The van der Waals surface area contributed by atoms with Crippen LogP contribution in [-0.2, 0) is 4.74 Å². The minimum Gasteiger partial charge on any atom is -0.504 e. The fourth-order valence-electron chi connectivity index (χ4n) is 2.43. The number of aromatic hydroxyl groups is 2. The fraction of sp³-hybridized carbons (Fsp3) is 0.333. The number of aliphatic hydroxyl groups excluding tert-OH is 3. The SMILES string of the molecule is Oc1cc2cccc(O[C@@H]3[C@@H](O)[C@H](O)CO[C@H]3O)c2cc1O. The van der Waals surface area contributed by atoms with Crippen LogP contribution in [0.3, 0.4) is 0 Å². The van der Waals surface area contributed by atoms with E-state index in [1.807, 2.05) is 0 Å². The predicted molar refractivity (Wildman–Crippen MR) is 75.7 cm³/mol. The number of rotatable bonds is 2. The summed E-state index contributed by atoms with van der Waals surface area (Å²) in [5.41, 5.74) is 0. The van der Waals surface area contributed by atoms with Crippen LogP contribution in [0.2, 0.25) is 0 Å². The third-order valence-corrected chi connectivity index (χ3v) is 3.65. The fourth-order valence-corrected chi connectivity index (χ4v) is 2.43. The highest BCUT2D eigenvalue weighted by molar-refractivity contribution is 5.91. The van der Waals surface area contributed by atoms with E-state index in [0.29, 0.717) is 10.8 Å². The minimum absolute atomic E-state index is 0.188. The van der Waals surface area contributed by atoms with Gasteiger partial charge in [0.15, 0.2) is 23.9 Å². The van der Waals surface area contributed by atoms with Crippen molar-refractivity contribution in [3.63, 3.8) is 0 Å². The second-order valence-electron chi connectivity index (χ2n) is 5.18. The summed E-state index contributed by atoms with van der Waals surface area (Å²) in [6, 6.07) is 7.64. The Morgan fingerprint density at radius 1 is 1.05 bits per heavy atom. The van der Waals surface area contributed by atoms with Gasteiger partial charge in [0, 0.05) is 5.39 Å². The third-order valence-electron chi connectivity index (χ3n) is 3.65. The standard InChI is InChI=1S/C15H16O7/c16-9-4-7-2-1-3-12(8(7)5-10(9)17)22-14-13(19)11(18)6-21-15(14)20/h1-5,11,13-20H,6H2/t11-,13+,14-,15-/m1/s1. The van der Waals surface area contributed by atoms with E-state index in [1.165, 1.54) is 12.1 Å². The summed E-state index contributed by atoms with van der Waals surface area (Å²) in [5.74, 6) is -0.306. The van der Waals surface area contributed by atoms with Gasteiger partial charge in [-0.1, -0.05) is 12.1 Å². The molecule has 7 heteroatoms. The molecule has 3 rings (SSSR count). The molecule has 1 heterocycles. The van der Waals surface area contributed by atoms with Crippen molar-refractivity contribution in [2.24, 2.45) is 0 Å². The number of aliphatic hydroxyl groups is 3. The van der Waals surface area contributed by atoms with E-state index in [-0.39, 0.29) is 23.9 Å². The Labute approximate surface area is 125 Å². The maximum Gasteiger partial charge on any atom is 0.195 e. The molecule has 0 saturated carbocycles. The van der Waals surface area contributed by atoms with Crippen LogP contribution in [0.1, 0.15) is 0 Å². The zero-order chi connectivity index (χ0) is 15.9. The van der Waals surface area contributed by atoms with Crippen LogP contribution in [0.5, 0.6) is 17.2 Å². The topological polar surface area (TPSA) is 120 Å². The summed E-state index contributed by atoms with van der Waals surface area (Å²) in [6.45, 7) is -0.188. The van der Waals surface area contributed by atoms with Crippen molar-refractivity contribution in [2.75, 3.05) is 6.61 Å². The summed E-state index contributed by atoms with van der Waals surface area (Å²) in [4.78, 5) is 0. The molecule has 4 atom stereocenters. The quantitative estimate of drug-likeness (QED) is 0.498. The Morgan fingerprint density at radius 2 is 1.77 bits per heavy atom. The molecule has 118 valence electrons. The van der Waals surface area contributed by atoms with Gasteiger partial charge >= 0.3 is 0 Å². The molecule has 2 aromatic rings. The number of phenolic OH excluding ortho intramolecular Hbond substituents is 2. The van der Waals surface area contributed by atoms with Crippen molar-refractivity contribution in [1.29, 1.82) is 0 Å². The van der Waals surface area contributed by atoms with E-state index >= 15 is 0 Å². The average Bonchev–Trinajstić information content (AvgIpc) is 2.49. The number of hydrogen-bond donors (Lipinski definition) is 5. The van der Waals surface area contributed by atoms with Crippen molar-refractivity contribution in [3.8, 4) is 17.2 Å². The molecule has 22 heavy (non-hydrogen) atoms. The molecule has 0 spiro atoms. The van der Waals surface area contributed by atoms with Crippen LogP contribution < -0.4 is 4.74 Å². The zero-order valence-corrected chi connectivity index (χ0v) is 11.5. The summed E-state index contributed by atoms with van der Waals surface area (Å²) in [5, 5.41) is 49.6. The van der Waals surface area contributed by atoms with Gasteiger partial charge in [-0.25, -0.2) is 0 Å². The van der Waals surface area contributed by atoms with Gasteiger partial charge in [0.05, 0.1) is 6.61 Å². The summed E-state index contributed by atoms with van der Waals surface area (Å²) < 4.78 is 10.5. The molecule has 1 aliphatic heterocycles. The zero-order valence-electron chi connectivity index (χ0n) is 11.5. The van der Waals surface area contributed by atoms with Gasteiger partial charge < -0.3 is 35.0 Å². The van der Waals surface area contributed by atoms with E-state index in [2.05, 4.69) is 0 Å². The molecular formula is C15H16O7. The molecule has 1 fully saturated rings. The number of ether oxygens (including phenoxy) is 2. The largest absolute Gasteiger partial charge is 0.504 e. The Kier molecular flexibility index (Phi) is 3.79. The first kappa shape index (κ1) is 14.9. The van der Waals surface area contributed by atoms with Crippen molar-refractivity contribution >= 4 is 10.8 Å². The molecule has 5 N–H and O–H groups in total. The van der Waals surface area contributed by atoms with Crippen molar-refractivity contribution in [1.82, 2.24) is 0 Å². The minimum atomic E-state index is -1.39. The molecular weight excluding hydrogens is 292 g/mol. The summed E-state index contributed by atoms with van der Waals surface area (Å²) in [6.07, 6.45) is -5.05. The molecule has 1 aliphatic rings. The van der Waals surface area contributed by atoms with Crippen LogP contribution in [-0.4, -0.2) is 56.7 Å². The molecule has 0 aliphatic carbocycles.